The highest BCUT2D eigenvalue weighted by Gasteiger charge is 2.13. The molecule has 0 spiro atoms. The van der Waals surface area contributed by atoms with Gasteiger partial charge in [0.2, 0.25) is 0 Å². The van der Waals surface area contributed by atoms with Crippen molar-refractivity contribution in [3.05, 3.63) is 32.7 Å². The fourth-order valence-corrected chi connectivity index (χ4v) is 3.17. The van der Waals surface area contributed by atoms with E-state index in [4.69, 9.17) is 5.11 Å². The molecule has 1 aromatic rings. The van der Waals surface area contributed by atoms with Gasteiger partial charge in [-0.25, -0.2) is 0 Å². The normalized spacial score (nSPS) is 12.2. The second kappa shape index (κ2) is 8.72. The van der Waals surface area contributed by atoms with Gasteiger partial charge in [-0.3, -0.25) is 4.79 Å². The second-order valence-electron chi connectivity index (χ2n) is 4.50. The average Bonchev–Trinajstić information content (AvgIpc) is 2.36. The first-order valence-electron chi connectivity index (χ1n) is 6.42. The van der Waals surface area contributed by atoms with Crippen LogP contribution in [-0.2, 0) is 0 Å². The van der Waals surface area contributed by atoms with Crippen molar-refractivity contribution >= 4 is 37.8 Å². The van der Waals surface area contributed by atoms with Gasteiger partial charge in [0.05, 0.1) is 5.56 Å². The molecule has 0 aliphatic carbocycles. The molecular weight excluding hydrogens is 374 g/mol. The van der Waals surface area contributed by atoms with Crippen LogP contribution in [0, 0.1) is 5.92 Å². The number of carbonyl (C=O) groups excluding carboxylic acids is 1. The molecular formula is C14H19Br2NO2. The lowest BCUT2D eigenvalue weighted by atomic mass is 10.00. The van der Waals surface area contributed by atoms with Crippen LogP contribution in [-0.4, -0.2) is 24.2 Å². The number of hydrogen-bond acceptors (Lipinski definition) is 2. The molecule has 0 radical (unpaired) electrons. The minimum Gasteiger partial charge on any atom is -0.396 e. The monoisotopic (exact) mass is 391 g/mol. The van der Waals surface area contributed by atoms with Crippen LogP contribution in [0.1, 0.15) is 36.5 Å². The summed E-state index contributed by atoms with van der Waals surface area (Å²) in [5.74, 6) is 0.256. The van der Waals surface area contributed by atoms with E-state index in [9.17, 15) is 4.79 Å². The SMILES string of the molecule is CCCC(CCO)CNC(=O)c1ccc(Br)cc1Br. The lowest BCUT2D eigenvalue weighted by molar-refractivity contribution is 0.0942. The maximum absolute atomic E-state index is 12.1. The Morgan fingerprint density at radius 2 is 2.11 bits per heavy atom. The molecule has 0 fully saturated rings. The molecule has 1 unspecified atom stereocenters. The van der Waals surface area contributed by atoms with Gasteiger partial charge < -0.3 is 10.4 Å². The Morgan fingerprint density at radius 1 is 1.37 bits per heavy atom. The van der Waals surface area contributed by atoms with Gasteiger partial charge in [0.15, 0.2) is 0 Å². The highest BCUT2D eigenvalue weighted by molar-refractivity contribution is 9.11. The number of aliphatic hydroxyl groups is 1. The lowest BCUT2D eigenvalue weighted by Gasteiger charge is -2.16. The Morgan fingerprint density at radius 3 is 2.68 bits per heavy atom. The van der Waals surface area contributed by atoms with Crippen LogP contribution in [0.15, 0.2) is 27.1 Å². The quantitative estimate of drug-likeness (QED) is 0.742. The Kier molecular flexibility index (Phi) is 7.64. The van der Waals surface area contributed by atoms with Gasteiger partial charge in [-0.2, -0.15) is 0 Å². The topological polar surface area (TPSA) is 49.3 Å². The molecule has 5 heteroatoms. The Hall–Kier alpha value is -0.390. The van der Waals surface area contributed by atoms with Crippen molar-refractivity contribution in [2.24, 2.45) is 5.92 Å². The molecule has 2 N–H and O–H groups in total. The average molecular weight is 393 g/mol. The number of carbonyl (C=O) groups is 1. The van der Waals surface area contributed by atoms with E-state index in [2.05, 4.69) is 44.1 Å². The smallest absolute Gasteiger partial charge is 0.252 e. The fraction of sp³-hybridized carbons (Fsp3) is 0.500. The van der Waals surface area contributed by atoms with Crippen LogP contribution < -0.4 is 5.32 Å². The maximum Gasteiger partial charge on any atom is 0.252 e. The van der Waals surface area contributed by atoms with E-state index in [0.717, 1.165) is 28.2 Å². The van der Waals surface area contributed by atoms with E-state index in [0.29, 0.717) is 18.0 Å². The van der Waals surface area contributed by atoms with E-state index in [-0.39, 0.29) is 12.5 Å². The molecule has 0 saturated heterocycles. The maximum atomic E-state index is 12.1. The number of benzene rings is 1. The summed E-state index contributed by atoms with van der Waals surface area (Å²) < 4.78 is 1.70. The van der Waals surface area contributed by atoms with Crippen molar-refractivity contribution in [2.45, 2.75) is 26.2 Å². The molecule has 3 nitrogen and oxygen atoms in total. The van der Waals surface area contributed by atoms with Crippen molar-refractivity contribution in [3.8, 4) is 0 Å². The molecule has 0 saturated carbocycles. The first-order chi connectivity index (χ1) is 9.08. The van der Waals surface area contributed by atoms with E-state index in [1.807, 2.05) is 12.1 Å². The summed E-state index contributed by atoms with van der Waals surface area (Å²) >= 11 is 6.74. The molecule has 0 heterocycles. The molecule has 19 heavy (non-hydrogen) atoms. The van der Waals surface area contributed by atoms with E-state index >= 15 is 0 Å². The van der Waals surface area contributed by atoms with Crippen molar-refractivity contribution in [1.29, 1.82) is 0 Å². The largest absolute Gasteiger partial charge is 0.396 e. The number of rotatable bonds is 7. The summed E-state index contributed by atoms with van der Waals surface area (Å²) in [6.07, 6.45) is 2.81. The van der Waals surface area contributed by atoms with Gasteiger partial charge in [-0.05, 0) is 52.9 Å². The summed E-state index contributed by atoms with van der Waals surface area (Å²) in [6, 6.07) is 5.48. The minimum atomic E-state index is -0.0848. The fourth-order valence-electron chi connectivity index (χ4n) is 1.95. The molecule has 1 rings (SSSR count). The molecule has 1 amide bonds. The van der Waals surface area contributed by atoms with E-state index in [1.165, 1.54) is 0 Å². The van der Waals surface area contributed by atoms with Crippen molar-refractivity contribution in [2.75, 3.05) is 13.2 Å². The number of nitrogens with one attached hydrogen (secondary N) is 1. The number of amides is 1. The van der Waals surface area contributed by atoms with Gasteiger partial charge in [0.25, 0.3) is 5.91 Å². The molecule has 1 aromatic carbocycles. The second-order valence-corrected chi connectivity index (χ2v) is 6.27. The predicted molar refractivity (Wildman–Crippen MR) is 84.3 cm³/mol. The third-order valence-electron chi connectivity index (χ3n) is 2.96. The van der Waals surface area contributed by atoms with Crippen LogP contribution in [0.2, 0.25) is 0 Å². The Bertz CT molecular complexity index is 418. The zero-order valence-electron chi connectivity index (χ0n) is 11.0. The van der Waals surface area contributed by atoms with Crippen LogP contribution in [0.25, 0.3) is 0 Å². The summed E-state index contributed by atoms with van der Waals surface area (Å²) in [6.45, 7) is 2.88. The van der Waals surface area contributed by atoms with E-state index < -0.39 is 0 Å². The molecule has 106 valence electrons. The third-order valence-corrected chi connectivity index (χ3v) is 4.11. The predicted octanol–water partition coefficient (Wildman–Crippen LogP) is 3.74. The molecule has 0 aliphatic heterocycles. The molecule has 0 aromatic heterocycles. The number of aliphatic hydroxyl groups excluding tert-OH is 1. The first-order valence-corrected chi connectivity index (χ1v) is 8.01. The van der Waals surface area contributed by atoms with Crippen molar-refractivity contribution in [1.82, 2.24) is 5.32 Å². The third kappa shape index (κ3) is 5.63. The zero-order valence-corrected chi connectivity index (χ0v) is 14.1. The Labute approximate surface area is 131 Å². The van der Waals surface area contributed by atoms with Crippen LogP contribution in [0.4, 0.5) is 0 Å². The highest BCUT2D eigenvalue weighted by Crippen LogP contribution is 2.22. The standard InChI is InChI=1S/C14H19Br2NO2/c1-2-3-10(6-7-18)9-17-14(19)12-5-4-11(15)8-13(12)16/h4-5,8,10,18H,2-3,6-7,9H2,1H3,(H,17,19). The number of hydrogen-bond donors (Lipinski definition) is 2. The first kappa shape index (κ1) is 16.7. The van der Waals surface area contributed by atoms with E-state index in [1.54, 1.807) is 6.07 Å². The van der Waals surface area contributed by atoms with Gasteiger partial charge in [-0.15, -0.1) is 0 Å². The Balaban J connectivity index is 2.58. The van der Waals surface area contributed by atoms with Crippen molar-refractivity contribution < 1.29 is 9.90 Å². The van der Waals surface area contributed by atoms with Crippen LogP contribution in [0.3, 0.4) is 0 Å². The summed E-state index contributed by atoms with van der Waals surface area (Å²) in [4.78, 5) is 12.1. The summed E-state index contributed by atoms with van der Waals surface area (Å²) in [7, 11) is 0. The van der Waals surface area contributed by atoms with Crippen LogP contribution in [0.5, 0.6) is 0 Å². The zero-order chi connectivity index (χ0) is 14.3. The lowest BCUT2D eigenvalue weighted by Crippen LogP contribution is -2.30. The highest BCUT2D eigenvalue weighted by atomic mass is 79.9. The molecule has 0 bridgehead atoms. The molecule has 0 aliphatic rings. The summed E-state index contributed by atoms with van der Waals surface area (Å²) in [5, 5.41) is 11.9. The van der Waals surface area contributed by atoms with Gasteiger partial charge in [0, 0.05) is 22.1 Å². The van der Waals surface area contributed by atoms with Gasteiger partial charge in [-0.1, -0.05) is 29.3 Å². The van der Waals surface area contributed by atoms with Gasteiger partial charge in [0.1, 0.15) is 0 Å². The minimum absolute atomic E-state index is 0.0848. The summed E-state index contributed by atoms with van der Waals surface area (Å²) in [5.41, 5.74) is 0.627. The van der Waals surface area contributed by atoms with Crippen LogP contribution >= 0.6 is 31.9 Å². The molecule has 1 atom stereocenters. The number of halogens is 2. The van der Waals surface area contributed by atoms with Gasteiger partial charge >= 0.3 is 0 Å². The van der Waals surface area contributed by atoms with Crippen molar-refractivity contribution in [3.63, 3.8) is 0 Å².